The van der Waals surface area contributed by atoms with Gasteiger partial charge in [-0.05, 0) is 36.0 Å². The number of aliphatic hydroxyl groups is 2. The van der Waals surface area contributed by atoms with Crippen LogP contribution in [-0.4, -0.2) is 40.0 Å². The molecule has 1 aliphatic carbocycles. The van der Waals surface area contributed by atoms with Crippen LogP contribution in [0, 0.1) is 0 Å². The quantitative estimate of drug-likeness (QED) is 0.515. The van der Waals surface area contributed by atoms with Crippen LogP contribution in [0.4, 0.5) is 4.79 Å². The zero-order chi connectivity index (χ0) is 20.9. The lowest BCUT2D eigenvalue weighted by atomic mass is 9.92. The van der Waals surface area contributed by atoms with Crippen molar-refractivity contribution < 1.29 is 29.6 Å². The maximum Gasteiger partial charge on any atom is 0.407 e. The van der Waals surface area contributed by atoms with Crippen LogP contribution < -0.4 is 5.32 Å². The fourth-order valence-corrected chi connectivity index (χ4v) is 3.25. The second-order valence-electron chi connectivity index (χ2n) is 7.30. The summed E-state index contributed by atoms with van der Waals surface area (Å²) in [6, 6.07) is 16.0. The molecular weight excluding hydrogens is 374 g/mol. The summed E-state index contributed by atoms with van der Waals surface area (Å²) in [5.74, 6) is -0.872. The van der Waals surface area contributed by atoms with E-state index in [-0.39, 0.29) is 19.6 Å². The van der Waals surface area contributed by atoms with Crippen molar-refractivity contribution >= 4 is 12.1 Å². The fourth-order valence-electron chi connectivity index (χ4n) is 3.25. The molecular formula is C22H25NO6. The first-order chi connectivity index (χ1) is 13.9. The van der Waals surface area contributed by atoms with Gasteiger partial charge in [-0.2, -0.15) is 0 Å². The molecule has 2 aromatic rings. The SMILES string of the molecule is O=C(NCCC(O)C(O)c1cccc(C2(C(=O)O)CC2)c1)OCc1ccccc1. The third-order valence-electron chi connectivity index (χ3n) is 5.23. The molecule has 3 rings (SSSR count). The van der Waals surface area contributed by atoms with Crippen molar-refractivity contribution in [3.05, 3.63) is 71.3 Å². The Hall–Kier alpha value is -2.90. The topological polar surface area (TPSA) is 116 Å². The predicted molar refractivity (Wildman–Crippen MR) is 105 cm³/mol. The number of nitrogens with one attached hydrogen (secondary N) is 1. The Kier molecular flexibility index (Phi) is 6.51. The van der Waals surface area contributed by atoms with Gasteiger partial charge in [-0.25, -0.2) is 4.79 Å². The summed E-state index contributed by atoms with van der Waals surface area (Å²) in [4.78, 5) is 23.2. The smallest absolute Gasteiger partial charge is 0.407 e. The molecule has 1 aliphatic rings. The molecule has 2 unspecified atom stereocenters. The second-order valence-corrected chi connectivity index (χ2v) is 7.30. The number of aliphatic hydroxyl groups excluding tert-OH is 2. The normalized spacial score (nSPS) is 16.5. The molecule has 29 heavy (non-hydrogen) atoms. The number of aliphatic carboxylic acids is 1. The molecule has 7 nitrogen and oxygen atoms in total. The molecule has 1 amide bonds. The monoisotopic (exact) mass is 399 g/mol. The van der Waals surface area contributed by atoms with Crippen molar-refractivity contribution in [3.63, 3.8) is 0 Å². The maximum absolute atomic E-state index is 11.7. The van der Waals surface area contributed by atoms with Crippen molar-refractivity contribution in [2.24, 2.45) is 0 Å². The standard InChI is InChI=1S/C22H25NO6/c24-18(9-12-23-21(28)29-14-15-5-2-1-3-6-15)19(25)16-7-4-8-17(13-16)22(10-11-22)20(26)27/h1-8,13,18-19,24-25H,9-12,14H2,(H,23,28)(H,26,27). The average Bonchev–Trinajstić information content (AvgIpc) is 3.55. The minimum atomic E-state index is -1.18. The van der Waals surface area contributed by atoms with Crippen LogP contribution in [0.2, 0.25) is 0 Å². The summed E-state index contributed by atoms with van der Waals surface area (Å²) in [6.45, 7) is 0.278. The molecule has 0 aromatic heterocycles. The van der Waals surface area contributed by atoms with Crippen LogP contribution in [0.25, 0.3) is 0 Å². The van der Waals surface area contributed by atoms with Crippen LogP contribution in [0.15, 0.2) is 54.6 Å². The number of carbonyl (C=O) groups is 2. The van der Waals surface area contributed by atoms with E-state index in [1.807, 2.05) is 30.3 Å². The molecule has 1 saturated carbocycles. The number of hydrogen-bond acceptors (Lipinski definition) is 5. The number of ether oxygens (including phenoxy) is 1. The molecule has 4 N–H and O–H groups in total. The molecule has 0 heterocycles. The van der Waals surface area contributed by atoms with Gasteiger partial charge in [0.05, 0.1) is 11.5 Å². The Morgan fingerprint density at radius 2 is 1.79 bits per heavy atom. The summed E-state index contributed by atoms with van der Waals surface area (Å²) >= 11 is 0. The average molecular weight is 399 g/mol. The lowest BCUT2D eigenvalue weighted by Crippen LogP contribution is -2.30. The Morgan fingerprint density at radius 1 is 1.07 bits per heavy atom. The summed E-state index contributed by atoms with van der Waals surface area (Å²) in [5, 5.41) is 32.6. The van der Waals surface area contributed by atoms with E-state index in [9.17, 15) is 24.9 Å². The first-order valence-corrected chi connectivity index (χ1v) is 9.57. The van der Waals surface area contributed by atoms with Gasteiger partial charge in [0.15, 0.2) is 0 Å². The van der Waals surface area contributed by atoms with Crippen molar-refractivity contribution in [1.82, 2.24) is 5.32 Å². The molecule has 154 valence electrons. The van der Waals surface area contributed by atoms with Gasteiger partial charge in [0.25, 0.3) is 0 Å². The van der Waals surface area contributed by atoms with E-state index in [1.54, 1.807) is 24.3 Å². The number of rotatable bonds is 9. The summed E-state index contributed by atoms with van der Waals surface area (Å²) < 4.78 is 5.09. The van der Waals surface area contributed by atoms with Gasteiger partial charge in [-0.1, -0.05) is 54.6 Å². The van der Waals surface area contributed by atoms with E-state index < -0.39 is 29.7 Å². The minimum Gasteiger partial charge on any atom is -0.481 e. The summed E-state index contributed by atoms with van der Waals surface area (Å²) in [5.41, 5.74) is 1.09. The highest BCUT2D eigenvalue weighted by Crippen LogP contribution is 2.48. The number of amides is 1. The van der Waals surface area contributed by atoms with Gasteiger partial charge in [-0.3, -0.25) is 4.79 Å². The highest BCUT2D eigenvalue weighted by Gasteiger charge is 2.51. The van der Waals surface area contributed by atoms with Gasteiger partial charge in [0, 0.05) is 6.54 Å². The Balaban J connectivity index is 1.46. The van der Waals surface area contributed by atoms with Gasteiger partial charge in [0.1, 0.15) is 12.7 Å². The van der Waals surface area contributed by atoms with E-state index in [1.165, 1.54) is 0 Å². The maximum atomic E-state index is 11.7. The van der Waals surface area contributed by atoms with Crippen molar-refractivity contribution in [2.75, 3.05) is 6.54 Å². The van der Waals surface area contributed by atoms with E-state index >= 15 is 0 Å². The number of carboxylic acid groups (broad SMARTS) is 1. The third kappa shape index (κ3) is 5.13. The Morgan fingerprint density at radius 3 is 2.45 bits per heavy atom. The molecule has 1 fully saturated rings. The van der Waals surface area contributed by atoms with Crippen LogP contribution in [-0.2, 0) is 21.6 Å². The molecule has 0 spiro atoms. The van der Waals surface area contributed by atoms with Crippen molar-refractivity contribution in [2.45, 2.75) is 43.5 Å². The second kappa shape index (κ2) is 9.07. The first kappa shape index (κ1) is 20.8. The largest absolute Gasteiger partial charge is 0.481 e. The summed E-state index contributed by atoms with van der Waals surface area (Å²) in [7, 11) is 0. The Bertz CT molecular complexity index is 849. The van der Waals surface area contributed by atoms with Crippen molar-refractivity contribution in [3.8, 4) is 0 Å². The van der Waals surface area contributed by atoms with E-state index in [2.05, 4.69) is 5.32 Å². The highest BCUT2D eigenvalue weighted by molar-refractivity contribution is 5.84. The van der Waals surface area contributed by atoms with E-state index in [4.69, 9.17) is 4.74 Å². The van der Waals surface area contributed by atoms with Gasteiger partial charge in [-0.15, -0.1) is 0 Å². The van der Waals surface area contributed by atoms with E-state index in [0.29, 0.717) is 24.0 Å². The third-order valence-corrected chi connectivity index (χ3v) is 5.23. The molecule has 2 aromatic carbocycles. The Labute approximate surface area is 169 Å². The zero-order valence-corrected chi connectivity index (χ0v) is 16.0. The molecule has 0 radical (unpaired) electrons. The number of benzene rings is 2. The van der Waals surface area contributed by atoms with Gasteiger partial charge < -0.3 is 25.4 Å². The fraction of sp³-hybridized carbons (Fsp3) is 0.364. The van der Waals surface area contributed by atoms with Gasteiger partial charge >= 0.3 is 12.1 Å². The van der Waals surface area contributed by atoms with Crippen LogP contribution in [0.3, 0.4) is 0 Å². The number of carboxylic acids is 1. The van der Waals surface area contributed by atoms with Crippen LogP contribution in [0.1, 0.15) is 42.1 Å². The molecule has 7 heteroatoms. The van der Waals surface area contributed by atoms with E-state index in [0.717, 1.165) is 5.56 Å². The van der Waals surface area contributed by atoms with Gasteiger partial charge in [0.2, 0.25) is 0 Å². The lowest BCUT2D eigenvalue weighted by molar-refractivity contribution is -0.140. The zero-order valence-electron chi connectivity index (χ0n) is 16.0. The lowest BCUT2D eigenvalue weighted by Gasteiger charge is -2.20. The van der Waals surface area contributed by atoms with Crippen LogP contribution in [0.5, 0.6) is 0 Å². The first-order valence-electron chi connectivity index (χ1n) is 9.57. The molecule has 2 atom stereocenters. The number of hydrogen-bond donors (Lipinski definition) is 4. The molecule has 0 bridgehead atoms. The van der Waals surface area contributed by atoms with Crippen molar-refractivity contribution in [1.29, 1.82) is 0 Å². The molecule has 0 saturated heterocycles. The summed E-state index contributed by atoms with van der Waals surface area (Å²) in [6.07, 6.45) is -1.63. The minimum absolute atomic E-state index is 0.121. The molecule has 0 aliphatic heterocycles. The number of carbonyl (C=O) groups excluding carboxylic acids is 1. The van der Waals surface area contributed by atoms with Crippen LogP contribution >= 0.6 is 0 Å². The predicted octanol–water partition coefficient (Wildman–Crippen LogP) is 2.51. The number of alkyl carbamates (subject to hydrolysis) is 1. The highest BCUT2D eigenvalue weighted by atomic mass is 16.5.